The minimum Gasteiger partial charge on any atom is -0.333 e. The van der Waals surface area contributed by atoms with Gasteiger partial charge in [-0.25, -0.2) is 4.98 Å². The van der Waals surface area contributed by atoms with E-state index in [1.807, 2.05) is 0 Å². The van der Waals surface area contributed by atoms with E-state index in [9.17, 15) is 9.59 Å². The summed E-state index contributed by atoms with van der Waals surface area (Å²) in [5.74, 6) is -0.284. The Kier molecular flexibility index (Phi) is 5.45. The maximum absolute atomic E-state index is 11.7. The molecule has 0 spiro atoms. The topological polar surface area (TPSA) is 59.1 Å². The molecule has 0 fully saturated rings. The van der Waals surface area contributed by atoms with Gasteiger partial charge in [-0.15, -0.1) is 5.92 Å². The molecule has 4 nitrogen and oxygen atoms in total. The number of aromatic nitrogens is 1. The second-order valence-electron chi connectivity index (χ2n) is 3.58. The summed E-state index contributed by atoms with van der Waals surface area (Å²) in [7, 11) is 0. The van der Waals surface area contributed by atoms with Crippen molar-refractivity contribution < 1.29 is 67.8 Å². The van der Waals surface area contributed by atoms with Gasteiger partial charge >= 0.3 is 58.2 Å². The molecule has 1 aromatic heterocycles. The van der Waals surface area contributed by atoms with E-state index >= 15 is 0 Å². The number of hydrogen-bond donors (Lipinski definition) is 1. The summed E-state index contributed by atoms with van der Waals surface area (Å²) in [6.45, 7) is 5.21. The van der Waals surface area contributed by atoms with Gasteiger partial charge in [0.2, 0.25) is 5.91 Å². The largest absolute Gasteiger partial charge is 1.00 e. The van der Waals surface area contributed by atoms with E-state index in [-0.39, 0.29) is 75.8 Å². The summed E-state index contributed by atoms with van der Waals surface area (Å²) in [5, 5.41) is 3.10. The van der Waals surface area contributed by atoms with Gasteiger partial charge in [-0.2, -0.15) is 0 Å². The number of aryl methyl sites for hydroxylation is 1. The summed E-state index contributed by atoms with van der Waals surface area (Å²) in [4.78, 5) is 27.4. The SMILES string of the molecule is [CH2-]C1CCc2nc(NC(C)=O)sc2C1=O.[Rb+]. The van der Waals surface area contributed by atoms with Crippen molar-refractivity contribution in [2.75, 3.05) is 5.32 Å². The fraction of sp³-hybridized carbons (Fsp3) is 0.400. The number of anilines is 1. The quantitative estimate of drug-likeness (QED) is 0.655. The van der Waals surface area contributed by atoms with Gasteiger partial charge in [0.25, 0.3) is 0 Å². The molecule has 0 aliphatic heterocycles. The first-order valence-corrected chi connectivity index (χ1v) is 5.54. The molecule has 1 aliphatic carbocycles. The first kappa shape index (κ1) is 14.6. The van der Waals surface area contributed by atoms with Gasteiger partial charge < -0.3 is 12.2 Å². The van der Waals surface area contributed by atoms with Crippen LogP contribution in [0.5, 0.6) is 0 Å². The zero-order valence-electron chi connectivity index (χ0n) is 9.37. The van der Waals surface area contributed by atoms with Crippen molar-refractivity contribution in [2.45, 2.75) is 19.8 Å². The van der Waals surface area contributed by atoms with Gasteiger partial charge in [0, 0.05) is 6.92 Å². The first-order chi connectivity index (χ1) is 7.08. The van der Waals surface area contributed by atoms with Crippen LogP contribution in [-0.4, -0.2) is 16.7 Å². The molecule has 1 N–H and O–H groups in total. The average Bonchev–Trinajstić information content (AvgIpc) is 2.54. The van der Waals surface area contributed by atoms with Gasteiger partial charge in [0.1, 0.15) is 5.78 Å². The number of thiazole rings is 1. The number of hydrogen-bond acceptors (Lipinski definition) is 4. The first-order valence-electron chi connectivity index (χ1n) is 4.72. The Bertz CT molecular complexity index is 430. The maximum Gasteiger partial charge on any atom is 1.00 e. The Morgan fingerprint density at radius 3 is 2.94 bits per heavy atom. The summed E-state index contributed by atoms with van der Waals surface area (Å²) in [6, 6.07) is 0. The van der Waals surface area contributed by atoms with Crippen LogP contribution >= 0.6 is 11.3 Å². The molecule has 0 saturated heterocycles. The van der Waals surface area contributed by atoms with Crippen LogP contribution in [-0.2, 0) is 11.2 Å². The normalized spacial score (nSPS) is 18.6. The van der Waals surface area contributed by atoms with Crippen LogP contribution < -0.4 is 63.5 Å². The second-order valence-corrected chi connectivity index (χ2v) is 4.57. The van der Waals surface area contributed by atoms with Crippen molar-refractivity contribution in [1.82, 2.24) is 4.98 Å². The van der Waals surface area contributed by atoms with Crippen LogP contribution in [0, 0.1) is 12.8 Å². The number of ketones is 1. The van der Waals surface area contributed by atoms with E-state index in [0.717, 1.165) is 18.5 Å². The summed E-state index contributed by atoms with van der Waals surface area (Å²) < 4.78 is 0. The molecule has 0 saturated carbocycles. The molecular formula is C10H11N2O2RbS. The molecule has 1 unspecified atom stereocenters. The fourth-order valence-corrected chi connectivity index (χ4v) is 2.62. The van der Waals surface area contributed by atoms with Crippen molar-refractivity contribution in [3.63, 3.8) is 0 Å². The predicted molar refractivity (Wildman–Crippen MR) is 57.9 cm³/mol. The van der Waals surface area contributed by atoms with Crippen molar-refractivity contribution in [3.05, 3.63) is 17.5 Å². The standard InChI is InChI=1S/C10H11N2O2S.Rb/c1-5-3-4-7-9(8(5)14)15-10(12-7)11-6(2)13;/h5H,1,3-4H2,2H3,(H,11,12,13);/q-1;+1. The number of Topliss-reactive ketones (excluding diaryl/α,β-unsaturated/α-hetero) is 1. The van der Waals surface area contributed by atoms with Gasteiger partial charge in [0.15, 0.2) is 5.13 Å². The third-order valence-electron chi connectivity index (χ3n) is 2.30. The molecule has 1 atom stereocenters. The zero-order chi connectivity index (χ0) is 11.0. The molecule has 80 valence electrons. The van der Waals surface area contributed by atoms with Crippen molar-refractivity contribution in [3.8, 4) is 0 Å². The van der Waals surface area contributed by atoms with Crippen molar-refractivity contribution in [2.24, 2.45) is 5.92 Å². The Balaban J connectivity index is 0.00000128. The van der Waals surface area contributed by atoms with Crippen LogP contribution in [0.15, 0.2) is 0 Å². The monoisotopic (exact) mass is 308 g/mol. The molecule has 0 bridgehead atoms. The molecular weight excluding hydrogens is 298 g/mol. The van der Waals surface area contributed by atoms with Crippen LogP contribution in [0.4, 0.5) is 5.13 Å². The third kappa shape index (κ3) is 3.07. The second kappa shape index (κ2) is 5.95. The summed E-state index contributed by atoms with van der Waals surface area (Å²) in [6.07, 6.45) is 1.51. The predicted octanol–water partition coefficient (Wildman–Crippen LogP) is -1.32. The Morgan fingerprint density at radius 2 is 2.31 bits per heavy atom. The molecule has 2 rings (SSSR count). The molecule has 1 aliphatic rings. The zero-order valence-corrected chi connectivity index (χ0v) is 15.1. The van der Waals surface area contributed by atoms with E-state index in [4.69, 9.17) is 0 Å². The number of fused-ring (bicyclic) bond motifs is 1. The fourth-order valence-electron chi connectivity index (χ4n) is 1.55. The Hall–Kier alpha value is 0.575. The smallest absolute Gasteiger partial charge is 0.333 e. The van der Waals surface area contributed by atoms with Gasteiger partial charge in [0.05, 0.1) is 10.6 Å². The van der Waals surface area contributed by atoms with Gasteiger partial charge in [-0.05, 0) is 6.42 Å². The number of nitrogens with zero attached hydrogens (tertiary/aromatic N) is 1. The molecule has 6 heteroatoms. The van der Waals surface area contributed by atoms with Crippen molar-refractivity contribution >= 4 is 28.2 Å². The maximum atomic E-state index is 11.7. The van der Waals surface area contributed by atoms with E-state index in [2.05, 4.69) is 17.2 Å². The number of nitrogens with one attached hydrogen (secondary N) is 1. The van der Waals surface area contributed by atoms with E-state index in [0.29, 0.717) is 10.0 Å². The molecule has 16 heavy (non-hydrogen) atoms. The minimum atomic E-state index is -0.167. The van der Waals surface area contributed by atoms with Crippen LogP contribution in [0.25, 0.3) is 0 Å². The molecule has 0 aromatic carbocycles. The number of carbonyl (C=O) groups excluding carboxylic acids is 2. The Labute approximate surface area is 147 Å². The summed E-state index contributed by atoms with van der Waals surface area (Å²) in [5.41, 5.74) is 0.800. The van der Waals surface area contributed by atoms with Crippen molar-refractivity contribution in [1.29, 1.82) is 0 Å². The minimum absolute atomic E-state index is 0. The molecule has 1 amide bonds. The van der Waals surface area contributed by atoms with E-state index in [1.165, 1.54) is 18.3 Å². The van der Waals surface area contributed by atoms with E-state index < -0.39 is 0 Å². The summed E-state index contributed by atoms with van der Waals surface area (Å²) >= 11 is 1.24. The molecule has 0 radical (unpaired) electrons. The number of amides is 1. The molecule has 1 aromatic rings. The third-order valence-corrected chi connectivity index (χ3v) is 3.33. The van der Waals surface area contributed by atoms with E-state index in [1.54, 1.807) is 0 Å². The van der Waals surface area contributed by atoms with Crippen LogP contribution in [0.2, 0.25) is 0 Å². The van der Waals surface area contributed by atoms with Gasteiger partial charge in [-0.3, -0.25) is 9.59 Å². The van der Waals surface area contributed by atoms with Gasteiger partial charge in [-0.1, -0.05) is 17.8 Å². The molecule has 1 heterocycles. The number of carbonyl (C=O) groups is 2. The average molecular weight is 309 g/mol. The number of rotatable bonds is 1. The van der Waals surface area contributed by atoms with Crippen LogP contribution in [0.3, 0.4) is 0 Å². The Morgan fingerprint density at radius 1 is 1.62 bits per heavy atom. The van der Waals surface area contributed by atoms with Crippen LogP contribution in [0.1, 0.15) is 28.7 Å².